The molecule has 0 saturated carbocycles. The summed E-state index contributed by atoms with van der Waals surface area (Å²) in [6, 6.07) is 5.72. The lowest BCUT2D eigenvalue weighted by Crippen LogP contribution is -2.33. The van der Waals surface area contributed by atoms with E-state index >= 15 is 0 Å². The minimum atomic E-state index is -0.785. The summed E-state index contributed by atoms with van der Waals surface area (Å²) in [5, 5.41) is 0.632. The maximum Gasteiger partial charge on any atom is 0.404 e. The second kappa shape index (κ2) is 4.94. The van der Waals surface area contributed by atoms with E-state index in [1.807, 2.05) is 12.1 Å². The van der Waals surface area contributed by atoms with Crippen molar-refractivity contribution in [2.24, 2.45) is 5.73 Å². The number of fused-ring (bicyclic) bond motifs is 1. The van der Waals surface area contributed by atoms with Crippen LogP contribution in [0, 0.1) is 0 Å². The molecule has 1 amide bonds. The van der Waals surface area contributed by atoms with E-state index in [9.17, 15) is 4.79 Å². The van der Waals surface area contributed by atoms with E-state index in [2.05, 4.69) is 0 Å². The van der Waals surface area contributed by atoms with Gasteiger partial charge in [0.05, 0.1) is 0 Å². The lowest BCUT2D eigenvalue weighted by molar-refractivity contribution is -0.0304. The zero-order chi connectivity index (χ0) is 12.4. The van der Waals surface area contributed by atoms with Gasteiger partial charge < -0.3 is 15.2 Å². The van der Waals surface area contributed by atoms with Gasteiger partial charge in [0.25, 0.3) is 0 Å². The fraction of sp³-hybridized carbons (Fsp3) is 0.417. The van der Waals surface area contributed by atoms with Gasteiger partial charge in [-0.3, -0.25) is 0 Å². The number of benzene rings is 1. The van der Waals surface area contributed by atoms with E-state index in [0.717, 1.165) is 17.5 Å². The van der Waals surface area contributed by atoms with Crippen LogP contribution in [-0.2, 0) is 15.9 Å². The molecule has 0 spiro atoms. The third-order valence-corrected chi connectivity index (χ3v) is 3.31. The summed E-state index contributed by atoms with van der Waals surface area (Å²) in [6.07, 6.45) is -0.0138. The highest BCUT2D eigenvalue weighted by atomic mass is 35.5. The first-order chi connectivity index (χ1) is 8.13. The maximum atomic E-state index is 10.8. The van der Waals surface area contributed by atoms with Gasteiger partial charge in [-0.05, 0) is 24.5 Å². The zero-order valence-corrected chi connectivity index (χ0v) is 10.2. The number of carbonyl (C=O) groups is 1. The van der Waals surface area contributed by atoms with Crippen molar-refractivity contribution in [2.45, 2.75) is 25.0 Å². The van der Waals surface area contributed by atoms with E-state index in [1.54, 1.807) is 13.2 Å². The van der Waals surface area contributed by atoms with Crippen molar-refractivity contribution >= 4 is 17.7 Å². The Bertz CT molecular complexity index is 436. The van der Waals surface area contributed by atoms with Crippen LogP contribution in [0.15, 0.2) is 18.2 Å². The van der Waals surface area contributed by atoms with Crippen LogP contribution >= 0.6 is 11.6 Å². The van der Waals surface area contributed by atoms with Gasteiger partial charge in [0, 0.05) is 17.7 Å². The molecular weight excluding hydrogens is 242 g/mol. The first-order valence-electron chi connectivity index (χ1n) is 5.39. The first kappa shape index (κ1) is 12.2. The predicted octanol–water partition coefficient (Wildman–Crippen LogP) is 2.44. The van der Waals surface area contributed by atoms with Gasteiger partial charge in [0.1, 0.15) is 12.2 Å². The standard InChI is InChI=1S/C12H14ClNO3/c1-16-11-9(17-12(14)15)6-5-7-3-2-4-8(13)10(7)11/h2-4,9,11H,5-6H2,1H3,(H2,14,15). The maximum absolute atomic E-state index is 10.8. The van der Waals surface area contributed by atoms with Gasteiger partial charge in [0.2, 0.25) is 0 Å². The summed E-state index contributed by atoms with van der Waals surface area (Å²) >= 11 is 6.17. The first-order valence-corrected chi connectivity index (χ1v) is 5.77. The summed E-state index contributed by atoms with van der Waals surface area (Å²) in [6.45, 7) is 0. The van der Waals surface area contributed by atoms with E-state index in [-0.39, 0.29) is 12.2 Å². The third-order valence-electron chi connectivity index (χ3n) is 2.99. The van der Waals surface area contributed by atoms with Crippen LogP contribution in [0.5, 0.6) is 0 Å². The van der Waals surface area contributed by atoms with Gasteiger partial charge >= 0.3 is 6.09 Å². The second-order valence-corrected chi connectivity index (χ2v) is 4.39. The van der Waals surface area contributed by atoms with Gasteiger partial charge in [-0.1, -0.05) is 23.7 Å². The quantitative estimate of drug-likeness (QED) is 0.883. The molecule has 2 atom stereocenters. The van der Waals surface area contributed by atoms with Crippen LogP contribution < -0.4 is 5.73 Å². The fourth-order valence-corrected chi connectivity index (χ4v) is 2.59. The Morgan fingerprint density at radius 1 is 1.53 bits per heavy atom. The molecular formula is C12H14ClNO3. The largest absolute Gasteiger partial charge is 0.443 e. The van der Waals surface area contributed by atoms with Crippen molar-refractivity contribution in [1.82, 2.24) is 0 Å². The molecule has 0 radical (unpaired) electrons. The second-order valence-electron chi connectivity index (χ2n) is 3.98. The monoisotopic (exact) mass is 255 g/mol. The Labute approximate surface area is 105 Å². The summed E-state index contributed by atoms with van der Waals surface area (Å²) < 4.78 is 10.5. The molecule has 0 bridgehead atoms. The molecule has 0 fully saturated rings. The van der Waals surface area contributed by atoms with Crippen LogP contribution in [-0.4, -0.2) is 19.3 Å². The molecule has 0 aliphatic heterocycles. The molecule has 1 aromatic rings. The fourth-order valence-electron chi connectivity index (χ4n) is 2.29. The number of aryl methyl sites for hydroxylation is 1. The molecule has 1 aliphatic rings. The van der Waals surface area contributed by atoms with Crippen molar-refractivity contribution in [3.05, 3.63) is 34.3 Å². The highest BCUT2D eigenvalue weighted by Crippen LogP contribution is 2.38. The number of hydrogen-bond acceptors (Lipinski definition) is 3. The molecule has 2 unspecified atom stereocenters. The Balaban J connectivity index is 2.35. The minimum Gasteiger partial charge on any atom is -0.443 e. The smallest absolute Gasteiger partial charge is 0.404 e. The number of carbonyl (C=O) groups excluding carboxylic acids is 1. The average Bonchev–Trinajstić information content (AvgIpc) is 2.29. The Morgan fingerprint density at radius 2 is 2.29 bits per heavy atom. The van der Waals surface area contributed by atoms with Gasteiger partial charge in [0.15, 0.2) is 0 Å². The van der Waals surface area contributed by atoms with Crippen molar-refractivity contribution in [1.29, 1.82) is 0 Å². The molecule has 92 valence electrons. The lowest BCUT2D eigenvalue weighted by atomic mass is 9.87. The number of hydrogen-bond donors (Lipinski definition) is 1. The van der Waals surface area contributed by atoms with Crippen molar-refractivity contribution in [3.63, 3.8) is 0 Å². The molecule has 4 nitrogen and oxygen atoms in total. The van der Waals surface area contributed by atoms with E-state index in [4.69, 9.17) is 26.8 Å². The highest BCUT2D eigenvalue weighted by Gasteiger charge is 2.33. The molecule has 5 heteroatoms. The van der Waals surface area contributed by atoms with E-state index in [0.29, 0.717) is 11.4 Å². The summed E-state index contributed by atoms with van der Waals surface area (Å²) in [4.78, 5) is 10.8. The van der Waals surface area contributed by atoms with Gasteiger partial charge in [-0.25, -0.2) is 4.79 Å². The van der Waals surface area contributed by atoms with Crippen LogP contribution in [0.4, 0.5) is 4.79 Å². The zero-order valence-electron chi connectivity index (χ0n) is 9.48. The normalized spacial score (nSPS) is 22.9. The van der Waals surface area contributed by atoms with Gasteiger partial charge in [-0.15, -0.1) is 0 Å². The minimum absolute atomic E-state index is 0.347. The SMILES string of the molecule is COC1c2c(Cl)cccc2CCC1OC(N)=O. The number of nitrogens with two attached hydrogens (primary N) is 1. The van der Waals surface area contributed by atoms with Crippen LogP contribution in [0.2, 0.25) is 5.02 Å². The van der Waals surface area contributed by atoms with Crippen molar-refractivity contribution in [3.8, 4) is 0 Å². The van der Waals surface area contributed by atoms with Crippen molar-refractivity contribution < 1.29 is 14.3 Å². The molecule has 1 aliphatic carbocycles. The molecule has 17 heavy (non-hydrogen) atoms. The molecule has 1 aromatic carbocycles. The predicted molar refractivity (Wildman–Crippen MR) is 64.0 cm³/mol. The summed E-state index contributed by atoms with van der Waals surface area (Å²) in [7, 11) is 1.57. The van der Waals surface area contributed by atoms with E-state index < -0.39 is 6.09 Å². The van der Waals surface area contributed by atoms with Gasteiger partial charge in [-0.2, -0.15) is 0 Å². The lowest BCUT2D eigenvalue weighted by Gasteiger charge is -2.32. The Morgan fingerprint density at radius 3 is 2.94 bits per heavy atom. The van der Waals surface area contributed by atoms with Crippen LogP contribution in [0.1, 0.15) is 23.7 Å². The van der Waals surface area contributed by atoms with Crippen molar-refractivity contribution in [2.75, 3.05) is 7.11 Å². The summed E-state index contributed by atoms with van der Waals surface area (Å²) in [5.41, 5.74) is 7.08. The number of amides is 1. The summed E-state index contributed by atoms with van der Waals surface area (Å²) in [5.74, 6) is 0. The molecule has 0 aromatic heterocycles. The molecule has 0 saturated heterocycles. The Hall–Kier alpha value is -1.26. The molecule has 2 N–H and O–H groups in total. The number of primary amides is 1. The number of rotatable bonds is 2. The highest BCUT2D eigenvalue weighted by molar-refractivity contribution is 6.31. The Kier molecular flexibility index (Phi) is 3.54. The number of ether oxygens (including phenoxy) is 2. The van der Waals surface area contributed by atoms with Crippen LogP contribution in [0.25, 0.3) is 0 Å². The van der Waals surface area contributed by atoms with Crippen LogP contribution in [0.3, 0.4) is 0 Å². The molecule has 2 rings (SSSR count). The average molecular weight is 256 g/mol. The topological polar surface area (TPSA) is 61.6 Å². The van der Waals surface area contributed by atoms with E-state index in [1.165, 1.54) is 0 Å². The molecule has 0 heterocycles. The third kappa shape index (κ3) is 2.37. The number of methoxy groups -OCH3 is 1. The number of halogens is 1.